The lowest BCUT2D eigenvalue weighted by atomic mass is 9.94. The Balaban J connectivity index is 1.54. The first-order chi connectivity index (χ1) is 11.4. The highest BCUT2D eigenvalue weighted by Crippen LogP contribution is 2.63. The lowest BCUT2D eigenvalue weighted by molar-refractivity contribution is -0.206. The molecule has 2 aromatic carbocycles. The second kappa shape index (κ2) is 5.19. The van der Waals surface area contributed by atoms with Crippen LogP contribution in [0.15, 0.2) is 60.7 Å². The molecule has 5 rings (SSSR count). The molecule has 0 bridgehead atoms. The standard InChI is InChI=1S/C21H22O2/c1-3-8-15(9-4-1)19-20(16-10-5-2-6-11-16)23-21(22-19)13-7-12-17-14-18(17)21/h1-6,8-11,17-20H,7,12-14H2/t17-,18?,19-,20-/m1/s1. The maximum atomic E-state index is 6.67. The molecule has 4 atom stereocenters. The molecule has 1 spiro atoms. The fraction of sp³-hybridized carbons (Fsp3) is 0.429. The molecule has 3 fully saturated rings. The molecule has 0 N–H and O–H groups in total. The normalized spacial score (nSPS) is 34.3. The Morgan fingerprint density at radius 1 is 0.783 bits per heavy atom. The number of rotatable bonds is 2. The summed E-state index contributed by atoms with van der Waals surface area (Å²) in [6.45, 7) is 0. The van der Waals surface area contributed by atoms with E-state index in [0.29, 0.717) is 5.92 Å². The minimum absolute atomic E-state index is 0.00190. The Morgan fingerprint density at radius 2 is 1.35 bits per heavy atom. The summed E-state index contributed by atoms with van der Waals surface area (Å²) in [5, 5.41) is 0. The summed E-state index contributed by atoms with van der Waals surface area (Å²) in [6.07, 6.45) is 4.90. The Labute approximate surface area is 137 Å². The van der Waals surface area contributed by atoms with Crippen molar-refractivity contribution in [1.29, 1.82) is 0 Å². The smallest absolute Gasteiger partial charge is 0.173 e. The minimum atomic E-state index is -0.343. The van der Waals surface area contributed by atoms with E-state index in [9.17, 15) is 0 Å². The summed E-state index contributed by atoms with van der Waals surface area (Å²) in [6, 6.07) is 21.1. The molecule has 2 saturated carbocycles. The van der Waals surface area contributed by atoms with E-state index in [2.05, 4.69) is 60.7 Å². The van der Waals surface area contributed by atoms with E-state index in [0.717, 1.165) is 12.3 Å². The van der Waals surface area contributed by atoms with Crippen LogP contribution in [0.1, 0.15) is 49.0 Å². The monoisotopic (exact) mass is 306 g/mol. The van der Waals surface area contributed by atoms with Gasteiger partial charge in [-0.05, 0) is 36.3 Å². The molecule has 1 aliphatic heterocycles. The van der Waals surface area contributed by atoms with E-state index in [1.54, 1.807) is 0 Å². The van der Waals surface area contributed by atoms with Gasteiger partial charge in [0.15, 0.2) is 5.79 Å². The third-order valence-corrected chi connectivity index (χ3v) is 5.77. The fourth-order valence-electron chi connectivity index (χ4n) is 4.55. The van der Waals surface area contributed by atoms with E-state index >= 15 is 0 Å². The number of benzene rings is 2. The Morgan fingerprint density at radius 3 is 1.91 bits per heavy atom. The molecule has 2 nitrogen and oxygen atoms in total. The van der Waals surface area contributed by atoms with Crippen LogP contribution in [0.5, 0.6) is 0 Å². The van der Waals surface area contributed by atoms with Crippen LogP contribution in [0.2, 0.25) is 0 Å². The van der Waals surface area contributed by atoms with Gasteiger partial charge < -0.3 is 9.47 Å². The predicted octanol–water partition coefficient (Wildman–Crippen LogP) is 5.03. The summed E-state index contributed by atoms with van der Waals surface area (Å²) in [4.78, 5) is 0. The van der Waals surface area contributed by atoms with Crippen molar-refractivity contribution in [3.05, 3.63) is 71.8 Å². The molecule has 1 saturated heterocycles. The van der Waals surface area contributed by atoms with Crippen LogP contribution in [-0.4, -0.2) is 5.79 Å². The van der Waals surface area contributed by atoms with Crippen LogP contribution in [0, 0.1) is 11.8 Å². The molecule has 1 unspecified atom stereocenters. The van der Waals surface area contributed by atoms with E-state index in [-0.39, 0.29) is 18.0 Å². The minimum Gasteiger partial charge on any atom is -0.339 e. The third-order valence-electron chi connectivity index (χ3n) is 5.77. The van der Waals surface area contributed by atoms with Crippen LogP contribution in [0.3, 0.4) is 0 Å². The number of hydrogen-bond donors (Lipinski definition) is 0. The summed E-state index contributed by atoms with van der Waals surface area (Å²) in [5.41, 5.74) is 2.45. The molecule has 0 aromatic heterocycles. The van der Waals surface area contributed by atoms with Crippen molar-refractivity contribution >= 4 is 0 Å². The maximum absolute atomic E-state index is 6.67. The van der Waals surface area contributed by atoms with Gasteiger partial charge in [-0.1, -0.05) is 60.7 Å². The molecular formula is C21H22O2. The van der Waals surface area contributed by atoms with Crippen LogP contribution < -0.4 is 0 Å². The Kier molecular flexibility index (Phi) is 3.10. The van der Waals surface area contributed by atoms with Crippen LogP contribution >= 0.6 is 0 Å². The van der Waals surface area contributed by atoms with Gasteiger partial charge in [0.1, 0.15) is 12.2 Å². The average molecular weight is 306 g/mol. The van der Waals surface area contributed by atoms with Crippen LogP contribution in [-0.2, 0) is 9.47 Å². The van der Waals surface area contributed by atoms with E-state index in [1.165, 1.54) is 30.4 Å². The second-order valence-corrected chi connectivity index (χ2v) is 7.20. The number of hydrogen-bond acceptors (Lipinski definition) is 2. The van der Waals surface area contributed by atoms with Gasteiger partial charge in [0.05, 0.1) is 0 Å². The first kappa shape index (κ1) is 13.8. The molecule has 2 heteroatoms. The van der Waals surface area contributed by atoms with Gasteiger partial charge in [0.25, 0.3) is 0 Å². The van der Waals surface area contributed by atoms with Crippen molar-refractivity contribution < 1.29 is 9.47 Å². The lowest BCUT2D eigenvalue weighted by Gasteiger charge is -2.32. The molecule has 23 heavy (non-hydrogen) atoms. The topological polar surface area (TPSA) is 18.5 Å². The molecule has 0 radical (unpaired) electrons. The van der Waals surface area contributed by atoms with Gasteiger partial charge >= 0.3 is 0 Å². The molecule has 3 aliphatic rings. The molecular weight excluding hydrogens is 284 g/mol. The average Bonchev–Trinajstić information content (AvgIpc) is 3.32. The van der Waals surface area contributed by atoms with Crippen molar-refractivity contribution in [2.45, 2.75) is 43.7 Å². The van der Waals surface area contributed by atoms with Crippen molar-refractivity contribution in [2.75, 3.05) is 0 Å². The highest BCUT2D eigenvalue weighted by Gasteiger charge is 2.62. The Hall–Kier alpha value is -1.64. The van der Waals surface area contributed by atoms with E-state index in [4.69, 9.17) is 9.47 Å². The molecule has 2 aliphatic carbocycles. The van der Waals surface area contributed by atoms with Crippen molar-refractivity contribution in [1.82, 2.24) is 0 Å². The first-order valence-electron chi connectivity index (χ1n) is 8.81. The van der Waals surface area contributed by atoms with Crippen molar-refractivity contribution in [3.63, 3.8) is 0 Å². The van der Waals surface area contributed by atoms with Gasteiger partial charge in [-0.2, -0.15) is 0 Å². The van der Waals surface area contributed by atoms with Crippen molar-refractivity contribution in [2.24, 2.45) is 11.8 Å². The number of fused-ring (bicyclic) bond motifs is 2. The van der Waals surface area contributed by atoms with Crippen molar-refractivity contribution in [3.8, 4) is 0 Å². The van der Waals surface area contributed by atoms with Gasteiger partial charge in [0.2, 0.25) is 0 Å². The molecule has 2 aromatic rings. The first-order valence-corrected chi connectivity index (χ1v) is 8.81. The predicted molar refractivity (Wildman–Crippen MR) is 88.7 cm³/mol. The fourth-order valence-corrected chi connectivity index (χ4v) is 4.55. The van der Waals surface area contributed by atoms with Crippen LogP contribution in [0.4, 0.5) is 0 Å². The zero-order chi connectivity index (χ0) is 15.3. The maximum Gasteiger partial charge on any atom is 0.173 e. The highest BCUT2D eigenvalue weighted by molar-refractivity contribution is 5.27. The van der Waals surface area contributed by atoms with Crippen LogP contribution in [0.25, 0.3) is 0 Å². The summed E-state index contributed by atoms with van der Waals surface area (Å²) < 4.78 is 13.3. The Bertz CT molecular complexity index is 634. The van der Waals surface area contributed by atoms with Gasteiger partial charge in [0, 0.05) is 12.3 Å². The summed E-state index contributed by atoms with van der Waals surface area (Å²) in [7, 11) is 0. The van der Waals surface area contributed by atoms with E-state index in [1.807, 2.05) is 0 Å². The third kappa shape index (κ3) is 2.24. The van der Waals surface area contributed by atoms with Gasteiger partial charge in [-0.25, -0.2) is 0 Å². The molecule has 1 heterocycles. The summed E-state index contributed by atoms with van der Waals surface area (Å²) >= 11 is 0. The van der Waals surface area contributed by atoms with Gasteiger partial charge in [-0.15, -0.1) is 0 Å². The van der Waals surface area contributed by atoms with Gasteiger partial charge in [-0.3, -0.25) is 0 Å². The van der Waals surface area contributed by atoms with E-state index < -0.39 is 0 Å². The number of ether oxygens (including phenoxy) is 2. The second-order valence-electron chi connectivity index (χ2n) is 7.20. The molecule has 0 amide bonds. The highest BCUT2D eigenvalue weighted by atomic mass is 16.8. The lowest BCUT2D eigenvalue weighted by Crippen LogP contribution is -2.36. The quantitative estimate of drug-likeness (QED) is 0.774. The zero-order valence-electron chi connectivity index (χ0n) is 13.2. The largest absolute Gasteiger partial charge is 0.339 e. The zero-order valence-corrected chi connectivity index (χ0v) is 13.2. The summed E-state index contributed by atoms with van der Waals surface area (Å²) in [5.74, 6) is 1.09. The SMILES string of the molecule is c1ccc([C@H]2OC3(CCC[C@@H]4CC43)O[C@@H]2c2ccccc2)cc1. The molecule has 118 valence electrons.